The van der Waals surface area contributed by atoms with Crippen LogP contribution in [0.15, 0.2) is 10.7 Å². The maximum Gasteiger partial charge on any atom is 0.144 e. The summed E-state index contributed by atoms with van der Waals surface area (Å²) in [6, 6.07) is 0. The molecule has 1 aliphatic carbocycles. The average molecular weight is 222 g/mol. The largest absolute Gasteiger partial charge is 0.361 e. The molecule has 0 aliphatic heterocycles. The van der Waals surface area contributed by atoms with Crippen LogP contribution in [0.3, 0.4) is 0 Å². The number of hydrogen-bond donors (Lipinski definition) is 1. The fourth-order valence-corrected chi connectivity index (χ4v) is 2.42. The molecule has 0 atom stereocenters. The van der Waals surface area contributed by atoms with E-state index >= 15 is 0 Å². The van der Waals surface area contributed by atoms with Gasteiger partial charge in [0.2, 0.25) is 0 Å². The summed E-state index contributed by atoms with van der Waals surface area (Å²) < 4.78 is 5.42. The van der Waals surface area contributed by atoms with Crippen LogP contribution < -0.4 is 5.32 Å². The third kappa shape index (κ3) is 2.85. The summed E-state index contributed by atoms with van der Waals surface area (Å²) in [5.41, 5.74) is 1.26. The minimum Gasteiger partial charge on any atom is -0.361 e. The van der Waals surface area contributed by atoms with E-state index in [0.717, 1.165) is 18.8 Å². The Balaban J connectivity index is 1.91. The molecule has 3 nitrogen and oxygen atoms in total. The molecular weight excluding hydrogens is 200 g/mol. The maximum atomic E-state index is 5.42. The van der Waals surface area contributed by atoms with Gasteiger partial charge in [0.05, 0.1) is 6.20 Å². The van der Waals surface area contributed by atoms with Crippen LogP contribution in [-0.4, -0.2) is 11.7 Å². The zero-order chi connectivity index (χ0) is 11.4. The Bertz CT molecular complexity index is 313. The second kappa shape index (κ2) is 5.48. The predicted octanol–water partition coefficient (Wildman–Crippen LogP) is 3.08. The maximum absolute atomic E-state index is 5.42. The fourth-order valence-electron chi connectivity index (χ4n) is 2.42. The van der Waals surface area contributed by atoms with Crippen LogP contribution >= 0.6 is 0 Å². The number of rotatable bonds is 5. The van der Waals surface area contributed by atoms with Gasteiger partial charge in [-0.05, 0) is 25.3 Å². The van der Waals surface area contributed by atoms with E-state index in [4.69, 9.17) is 4.52 Å². The van der Waals surface area contributed by atoms with Crippen molar-refractivity contribution in [1.82, 2.24) is 10.5 Å². The molecule has 0 aromatic carbocycles. The van der Waals surface area contributed by atoms with Crippen LogP contribution in [0.25, 0.3) is 0 Å². The monoisotopic (exact) mass is 222 g/mol. The van der Waals surface area contributed by atoms with E-state index in [1.807, 2.05) is 6.20 Å². The normalized spacial score (nSPS) is 17.4. The van der Waals surface area contributed by atoms with Crippen molar-refractivity contribution in [1.29, 1.82) is 0 Å². The molecule has 1 fully saturated rings. The minimum atomic E-state index is 0.623. The molecular formula is C13H22N2O. The SMILES string of the molecule is CC(C)CNCc1cnoc1C1CCCC1. The van der Waals surface area contributed by atoms with Gasteiger partial charge in [0, 0.05) is 18.0 Å². The topological polar surface area (TPSA) is 38.1 Å². The molecule has 16 heavy (non-hydrogen) atoms. The zero-order valence-corrected chi connectivity index (χ0v) is 10.3. The van der Waals surface area contributed by atoms with Crippen LogP contribution in [0.4, 0.5) is 0 Å². The predicted molar refractivity (Wildman–Crippen MR) is 64.3 cm³/mol. The molecule has 1 heterocycles. The van der Waals surface area contributed by atoms with Gasteiger partial charge in [-0.2, -0.15) is 0 Å². The van der Waals surface area contributed by atoms with E-state index in [2.05, 4.69) is 24.3 Å². The Morgan fingerprint density at radius 3 is 2.88 bits per heavy atom. The van der Waals surface area contributed by atoms with E-state index in [1.165, 1.54) is 31.2 Å². The lowest BCUT2D eigenvalue weighted by atomic mass is 10.0. The Morgan fingerprint density at radius 2 is 2.19 bits per heavy atom. The Labute approximate surface area is 97.6 Å². The van der Waals surface area contributed by atoms with Gasteiger partial charge in [0.15, 0.2) is 0 Å². The summed E-state index contributed by atoms with van der Waals surface area (Å²) in [4.78, 5) is 0. The van der Waals surface area contributed by atoms with E-state index < -0.39 is 0 Å². The summed E-state index contributed by atoms with van der Waals surface area (Å²) in [7, 11) is 0. The molecule has 1 N–H and O–H groups in total. The number of nitrogens with zero attached hydrogens (tertiary/aromatic N) is 1. The summed E-state index contributed by atoms with van der Waals surface area (Å²) in [6.07, 6.45) is 7.09. The first-order chi connectivity index (χ1) is 7.77. The first kappa shape index (κ1) is 11.6. The highest BCUT2D eigenvalue weighted by molar-refractivity contribution is 5.18. The molecule has 1 saturated carbocycles. The van der Waals surface area contributed by atoms with Crippen LogP contribution in [-0.2, 0) is 6.54 Å². The van der Waals surface area contributed by atoms with Crippen molar-refractivity contribution in [3.05, 3.63) is 17.5 Å². The van der Waals surface area contributed by atoms with Gasteiger partial charge in [0.25, 0.3) is 0 Å². The molecule has 1 aliphatic rings. The lowest BCUT2D eigenvalue weighted by Gasteiger charge is -2.09. The first-order valence-electron chi connectivity index (χ1n) is 6.41. The highest BCUT2D eigenvalue weighted by Crippen LogP contribution is 2.35. The summed E-state index contributed by atoms with van der Waals surface area (Å²) in [5, 5.41) is 7.40. The quantitative estimate of drug-likeness (QED) is 0.832. The van der Waals surface area contributed by atoms with Crippen molar-refractivity contribution in [2.45, 2.75) is 52.0 Å². The Morgan fingerprint density at radius 1 is 1.44 bits per heavy atom. The summed E-state index contributed by atoms with van der Waals surface area (Å²) in [6.45, 7) is 6.39. The molecule has 1 aromatic rings. The van der Waals surface area contributed by atoms with E-state index in [0.29, 0.717) is 11.8 Å². The van der Waals surface area contributed by atoms with Gasteiger partial charge >= 0.3 is 0 Å². The molecule has 90 valence electrons. The molecule has 2 rings (SSSR count). The molecule has 0 radical (unpaired) electrons. The van der Waals surface area contributed by atoms with Gasteiger partial charge in [0.1, 0.15) is 5.76 Å². The van der Waals surface area contributed by atoms with Crippen molar-refractivity contribution in [3.63, 3.8) is 0 Å². The smallest absolute Gasteiger partial charge is 0.144 e. The minimum absolute atomic E-state index is 0.623. The average Bonchev–Trinajstić information content (AvgIpc) is 2.84. The molecule has 0 amide bonds. The highest BCUT2D eigenvalue weighted by atomic mass is 16.5. The Hall–Kier alpha value is -0.830. The number of aromatic nitrogens is 1. The van der Waals surface area contributed by atoms with Gasteiger partial charge in [-0.3, -0.25) is 0 Å². The Kier molecular flexibility index (Phi) is 3.99. The van der Waals surface area contributed by atoms with Gasteiger partial charge in [-0.25, -0.2) is 0 Å². The van der Waals surface area contributed by atoms with Crippen LogP contribution in [0, 0.1) is 5.92 Å². The lowest BCUT2D eigenvalue weighted by Crippen LogP contribution is -2.19. The molecule has 3 heteroatoms. The first-order valence-corrected chi connectivity index (χ1v) is 6.41. The van der Waals surface area contributed by atoms with E-state index in [-0.39, 0.29) is 0 Å². The third-order valence-electron chi connectivity index (χ3n) is 3.27. The third-order valence-corrected chi connectivity index (χ3v) is 3.27. The van der Waals surface area contributed by atoms with Crippen molar-refractivity contribution in [2.24, 2.45) is 5.92 Å². The van der Waals surface area contributed by atoms with Crippen molar-refractivity contribution >= 4 is 0 Å². The number of nitrogens with one attached hydrogen (secondary N) is 1. The summed E-state index contributed by atoms with van der Waals surface area (Å²) >= 11 is 0. The fraction of sp³-hybridized carbons (Fsp3) is 0.769. The van der Waals surface area contributed by atoms with Crippen LogP contribution in [0.5, 0.6) is 0 Å². The molecule has 0 bridgehead atoms. The van der Waals surface area contributed by atoms with Crippen LogP contribution in [0.2, 0.25) is 0 Å². The molecule has 1 aromatic heterocycles. The lowest BCUT2D eigenvalue weighted by molar-refractivity contribution is 0.358. The highest BCUT2D eigenvalue weighted by Gasteiger charge is 2.23. The molecule has 0 saturated heterocycles. The van der Waals surface area contributed by atoms with Crippen molar-refractivity contribution in [2.75, 3.05) is 6.54 Å². The molecule has 0 unspecified atom stereocenters. The second-order valence-corrected chi connectivity index (χ2v) is 5.22. The standard InChI is InChI=1S/C13H22N2O/c1-10(2)7-14-8-12-9-15-16-13(12)11-5-3-4-6-11/h9-11,14H,3-8H2,1-2H3. The van der Waals surface area contributed by atoms with Crippen molar-refractivity contribution < 1.29 is 4.52 Å². The van der Waals surface area contributed by atoms with Gasteiger partial charge in [-0.1, -0.05) is 31.8 Å². The summed E-state index contributed by atoms with van der Waals surface area (Å²) in [5.74, 6) is 2.45. The van der Waals surface area contributed by atoms with Crippen LogP contribution in [0.1, 0.15) is 56.8 Å². The van der Waals surface area contributed by atoms with E-state index in [1.54, 1.807) is 0 Å². The number of hydrogen-bond acceptors (Lipinski definition) is 3. The van der Waals surface area contributed by atoms with E-state index in [9.17, 15) is 0 Å². The molecule has 0 spiro atoms. The zero-order valence-electron chi connectivity index (χ0n) is 10.3. The van der Waals surface area contributed by atoms with Gasteiger partial charge in [-0.15, -0.1) is 0 Å². The second-order valence-electron chi connectivity index (χ2n) is 5.22. The van der Waals surface area contributed by atoms with Gasteiger partial charge < -0.3 is 9.84 Å². The van der Waals surface area contributed by atoms with Crippen molar-refractivity contribution in [3.8, 4) is 0 Å².